The lowest BCUT2D eigenvalue weighted by molar-refractivity contribution is -0.137. The van der Waals surface area contributed by atoms with Crippen molar-refractivity contribution in [3.63, 3.8) is 0 Å². The molecule has 3 N–H and O–H groups in total. The standard InChI is InChI=1S/C14H19F3N2O/c1-9(18)12(20)19-13(2,3)8-10-5-4-6-11(7-10)14(15,16)17/h4-7,9H,8,18H2,1-3H3,(H,19,20)/t9-/m1/s1. The number of benzene rings is 1. The minimum atomic E-state index is -4.37. The van der Waals surface area contributed by atoms with Crippen LogP contribution in [0.15, 0.2) is 24.3 Å². The summed E-state index contributed by atoms with van der Waals surface area (Å²) in [5.74, 6) is -0.332. The summed E-state index contributed by atoms with van der Waals surface area (Å²) < 4.78 is 37.9. The molecule has 0 saturated heterocycles. The first-order valence-electron chi connectivity index (χ1n) is 6.25. The quantitative estimate of drug-likeness (QED) is 0.894. The van der Waals surface area contributed by atoms with E-state index in [2.05, 4.69) is 5.32 Å². The lowest BCUT2D eigenvalue weighted by Gasteiger charge is -2.27. The molecule has 0 spiro atoms. The molecule has 1 amide bonds. The molecule has 0 aliphatic heterocycles. The molecule has 1 aromatic carbocycles. The summed E-state index contributed by atoms with van der Waals surface area (Å²) in [6.07, 6.45) is -4.08. The molecular weight excluding hydrogens is 269 g/mol. The first-order chi connectivity index (χ1) is 9.01. The van der Waals surface area contributed by atoms with Crippen molar-refractivity contribution in [2.45, 2.75) is 44.9 Å². The second kappa shape index (κ2) is 5.83. The maximum Gasteiger partial charge on any atom is 0.416 e. The van der Waals surface area contributed by atoms with E-state index in [1.165, 1.54) is 6.07 Å². The maximum absolute atomic E-state index is 12.6. The molecule has 0 aliphatic carbocycles. The maximum atomic E-state index is 12.6. The summed E-state index contributed by atoms with van der Waals surface area (Å²) in [5, 5.41) is 2.72. The van der Waals surface area contributed by atoms with E-state index < -0.39 is 23.3 Å². The lowest BCUT2D eigenvalue weighted by Crippen LogP contribution is -2.50. The molecule has 112 valence electrons. The summed E-state index contributed by atoms with van der Waals surface area (Å²) in [5.41, 5.74) is 4.60. The van der Waals surface area contributed by atoms with E-state index in [1.54, 1.807) is 26.8 Å². The number of rotatable bonds is 4. The summed E-state index contributed by atoms with van der Waals surface area (Å²) >= 11 is 0. The molecule has 0 fully saturated rings. The Morgan fingerprint density at radius 3 is 2.45 bits per heavy atom. The zero-order chi connectivity index (χ0) is 15.6. The predicted octanol–water partition coefficient (Wildman–Crippen LogP) is 2.49. The molecule has 0 unspecified atom stereocenters. The van der Waals surface area contributed by atoms with Crippen molar-refractivity contribution in [1.29, 1.82) is 0 Å². The van der Waals surface area contributed by atoms with E-state index in [0.29, 0.717) is 5.56 Å². The summed E-state index contributed by atoms with van der Waals surface area (Å²) in [4.78, 5) is 11.6. The van der Waals surface area contributed by atoms with Gasteiger partial charge in [-0.1, -0.05) is 18.2 Å². The highest BCUT2D eigenvalue weighted by Crippen LogP contribution is 2.30. The molecule has 6 heteroatoms. The van der Waals surface area contributed by atoms with Gasteiger partial charge in [-0.15, -0.1) is 0 Å². The normalized spacial score (nSPS) is 13.9. The predicted molar refractivity (Wildman–Crippen MR) is 71.0 cm³/mol. The summed E-state index contributed by atoms with van der Waals surface area (Å²) in [7, 11) is 0. The zero-order valence-electron chi connectivity index (χ0n) is 11.7. The zero-order valence-corrected chi connectivity index (χ0v) is 11.7. The van der Waals surface area contributed by atoms with E-state index in [4.69, 9.17) is 5.73 Å². The van der Waals surface area contributed by atoms with Crippen LogP contribution in [0, 0.1) is 0 Å². The number of nitrogens with one attached hydrogen (secondary N) is 1. The minimum absolute atomic E-state index is 0.287. The van der Waals surface area contributed by atoms with Crippen molar-refractivity contribution in [1.82, 2.24) is 5.32 Å². The Bertz CT molecular complexity index is 482. The number of nitrogens with two attached hydrogens (primary N) is 1. The Hall–Kier alpha value is -1.56. The molecule has 3 nitrogen and oxygen atoms in total. The van der Waals surface area contributed by atoms with Crippen molar-refractivity contribution in [3.05, 3.63) is 35.4 Å². The third-order valence-corrected chi connectivity index (χ3v) is 2.78. The number of carbonyl (C=O) groups is 1. The number of amides is 1. The molecule has 20 heavy (non-hydrogen) atoms. The van der Waals surface area contributed by atoms with Crippen molar-refractivity contribution < 1.29 is 18.0 Å². The van der Waals surface area contributed by atoms with Gasteiger partial charge in [0.1, 0.15) is 0 Å². The van der Waals surface area contributed by atoms with Crippen LogP contribution in [0.5, 0.6) is 0 Å². The van der Waals surface area contributed by atoms with Gasteiger partial charge in [-0.3, -0.25) is 4.79 Å². The molecular formula is C14H19F3N2O. The SMILES string of the molecule is C[C@@H](N)C(=O)NC(C)(C)Cc1cccc(C(F)(F)F)c1. The molecule has 0 bridgehead atoms. The molecule has 0 aromatic heterocycles. The summed E-state index contributed by atoms with van der Waals surface area (Å²) in [6, 6.07) is 4.43. The first-order valence-corrected chi connectivity index (χ1v) is 6.25. The second-order valence-electron chi connectivity index (χ2n) is 5.54. The fourth-order valence-electron chi connectivity index (χ4n) is 1.86. The largest absolute Gasteiger partial charge is 0.416 e. The number of carbonyl (C=O) groups excluding carboxylic acids is 1. The Labute approximate surface area is 116 Å². The van der Waals surface area contributed by atoms with Gasteiger partial charge in [0.05, 0.1) is 11.6 Å². The Balaban J connectivity index is 2.85. The number of halogens is 3. The lowest BCUT2D eigenvalue weighted by atomic mass is 9.93. The molecule has 0 radical (unpaired) electrons. The molecule has 0 aliphatic rings. The van der Waals surface area contributed by atoms with Crippen molar-refractivity contribution >= 4 is 5.91 Å². The van der Waals surface area contributed by atoms with Crippen LogP contribution in [0.1, 0.15) is 31.9 Å². The number of alkyl halides is 3. The van der Waals surface area contributed by atoms with Gasteiger partial charge in [-0.05, 0) is 38.8 Å². The number of hydrogen-bond acceptors (Lipinski definition) is 2. The highest BCUT2D eigenvalue weighted by molar-refractivity contribution is 5.81. The molecule has 1 atom stereocenters. The molecule has 0 saturated carbocycles. The van der Waals surface area contributed by atoms with Crippen LogP contribution in [-0.4, -0.2) is 17.5 Å². The highest BCUT2D eigenvalue weighted by Gasteiger charge is 2.31. The monoisotopic (exact) mass is 288 g/mol. The van der Waals surface area contributed by atoms with E-state index in [-0.39, 0.29) is 12.3 Å². The van der Waals surface area contributed by atoms with Gasteiger partial charge in [0.15, 0.2) is 0 Å². The van der Waals surface area contributed by atoms with Gasteiger partial charge in [0.25, 0.3) is 0 Å². The topological polar surface area (TPSA) is 55.1 Å². The average Bonchev–Trinajstić information content (AvgIpc) is 2.26. The second-order valence-corrected chi connectivity index (χ2v) is 5.54. The third kappa shape index (κ3) is 4.85. The van der Waals surface area contributed by atoms with Gasteiger partial charge >= 0.3 is 6.18 Å². The minimum Gasteiger partial charge on any atom is -0.350 e. The van der Waals surface area contributed by atoms with E-state index >= 15 is 0 Å². The van der Waals surface area contributed by atoms with E-state index in [9.17, 15) is 18.0 Å². The van der Waals surface area contributed by atoms with Crippen LogP contribution in [0.25, 0.3) is 0 Å². The first kappa shape index (κ1) is 16.5. The smallest absolute Gasteiger partial charge is 0.350 e. The van der Waals surface area contributed by atoms with Crippen molar-refractivity contribution in [2.24, 2.45) is 5.73 Å². The van der Waals surface area contributed by atoms with Crippen LogP contribution >= 0.6 is 0 Å². The van der Waals surface area contributed by atoms with E-state index in [0.717, 1.165) is 12.1 Å². The average molecular weight is 288 g/mol. The van der Waals surface area contributed by atoms with Gasteiger partial charge < -0.3 is 11.1 Å². The fourth-order valence-corrected chi connectivity index (χ4v) is 1.86. The van der Waals surface area contributed by atoms with Crippen molar-refractivity contribution in [3.8, 4) is 0 Å². The van der Waals surface area contributed by atoms with Crippen LogP contribution in [0.3, 0.4) is 0 Å². The molecule has 1 aromatic rings. The van der Waals surface area contributed by atoms with Crippen LogP contribution < -0.4 is 11.1 Å². The van der Waals surface area contributed by atoms with Gasteiger partial charge in [-0.2, -0.15) is 13.2 Å². The van der Waals surface area contributed by atoms with E-state index in [1.807, 2.05) is 0 Å². The molecule has 1 rings (SSSR count). The molecule has 0 heterocycles. The fraction of sp³-hybridized carbons (Fsp3) is 0.500. The van der Waals surface area contributed by atoms with Crippen LogP contribution in [0.2, 0.25) is 0 Å². The van der Waals surface area contributed by atoms with Crippen molar-refractivity contribution in [2.75, 3.05) is 0 Å². The van der Waals surface area contributed by atoms with Gasteiger partial charge in [-0.25, -0.2) is 0 Å². The van der Waals surface area contributed by atoms with Gasteiger partial charge in [0, 0.05) is 5.54 Å². The third-order valence-electron chi connectivity index (χ3n) is 2.78. The van der Waals surface area contributed by atoms with Crippen LogP contribution in [0.4, 0.5) is 13.2 Å². The number of hydrogen-bond donors (Lipinski definition) is 2. The summed E-state index contributed by atoms with van der Waals surface area (Å²) in [6.45, 7) is 5.04. The highest BCUT2D eigenvalue weighted by atomic mass is 19.4. The van der Waals surface area contributed by atoms with Crippen LogP contribution in [-0.2, 0) is 17.4 Å². The Morgan fingerprint density at radius 2 is 1.95 bits per heavy atom. The Morgan fingerprint density at radius 1 is 1.35 bits per heavy atom. The Kier molecular flexibility index (Phi) is 4.81. The van der Waals surface area contributed by atoms with Gasteiger partial charge in [0.2, 0.25) is 5.91 Å².